The second-order valence-corrected chi connectivity index (χ2v) is 6.17. The highest BCUT2D eigenvalue weighted by molar-refractivity contribution is 4.90. The van der Waals surface area contributed by atoms with Crippen molar-refractivity contribution >= 4 is 0 Å². The molecule has 18 heavy (non-hydrogen) atoms. The van der Waals surface area contributed by atoms with Gasteiger partial charge in [0.1, 0.15) is 0 Å². The molecule has 0 radical (unpaired) electrons. The van der Waals surface area contributed by atoms with Gasteiger partial charge in [0, 0.05) is 31.7 Å². The van der Waals surface area contributed by atoms with Crippen LogP contribution in [0.1, 0.15) is 53.4 Å². The van der Waals surface area contributed by atoms with E-state index < -0.39 is 0 Å². The topological polar surface area (TPSA) is 35.5 Å². The summed E-state index contributed by atoms with van der Waals surface area (Å²) in [7, 11) is 0. The van der Waals surface area contributed by atoms with E-state index in [1.807, 2.05) is 0 Å². The smallest absolute Gasteiger partial charge is 0.0558 e. The van der Waals surface area contributed by atoms with E-state index in [9.17, 15) is 5.11 Å². The van der Waals surface area contributed by atoms with Crippen LogP contribution in [0.4, 0.5) is 0 Å². The molecular formula is C15H32N2O. The fourth-order valence-corrected chi connectivity index (χ4v) is 2.59. The summed E-state index contributed by atoms with van der Waals surface area (Å²) in [6.07, 6.45) is 5.05. The summed E-state index contributed by atoms with van der Waals surface area (Å²) in [5.41, 5.74) is 0.363. The fourth-order valence-electron chi connectivity index (χ4n) is 2.59. The average molecular weight is 256 g/mol. The molecule has 0 aromatic carbocycles. The van der Waals surface area contributed by atoms with Crippen molar-refractivity contribution in [3.8, 4) is 0 Å². The third kappa shape index (κ3) is 4.87. The third-order valence-corrected chi connectivity index (χ3v) is 4.37. The van der Waals surface area contributed by atoms with Crippen molar-refractivity contribution < 1.29 is 5.11 Å². The van der Waals surface area contributed by atoms with E-state index in [1.165, 1.54) is 25.7 Å². The summed E-state index contributed by atoms with van der Waals surface area (Å²) in [5, 5.41) is 12.8. The zero-order valence-corrected chi connectivity index (χ0v) is 12.7. The monoisotopic (exact) mass is 256 g/mol. The zero-order valence-electron chi connectivity index (χ0n) is 12.7. The maximum absolute atomic E-state index is 9.22. The molecule has 1 rings (SSSR count). The predicted molar refractivity (Wildman–Crippen MR) is 77.8 cm³/mol. The summed E-state index contributed by atoms with van der Waals surface area (Å²) in [4.78, 5) is 2.51. The van der Waals surface area contributed by atoms with Gasteiger partial charge in [0.05, 0.1) is 6.61 Å². The van der Waals surface area contributed by atoms with Gasteiger partial charge in [-0.2, -0.15) is 0 Å². The van der Waals surface area contributed by atoms with Crippen LogP contribution in [0, 0.1) is 5.41 Å². The molecule has 0 saturated heterocycles. The highest BCUT2D eigenvalue weighted by Gasteiger charge is 2.35. The Morgan fingerprint density at radius 1 is 1.28 bits per heavy atom. The van der Waals surface area contributed by atoms with Crippen molar-refractivity contribution in [3.05, 3.63) is 0 Å². The van der Waals surface area contributed by atoms with Gasteiger partial charge in [-0.05, 0) is 31.1 Å². The Hall–Kier alpha value is -0.120. The molecule has 0 bridgehead atoms. The standard InChI is InChI=1S/C15H32N2O/c1-5-15(6-2,11-16-13(3)4)12-17(9-10-18)14-7-8-14/h13-14,16,18H,5-12H2,1-4H3. The molecule has 2 N–H and O–H groups in total. The first-order valence-electron chi connectivity index (χ1n) is 7.65. The molecule has 1 aliphatic carbocycles. The minimum atomic E-state index is 0.289. The van der Waals surface area contributed by atoms with Gasteiger partial charge < -0.3 is 10.4 Å². The van der Waals surface area contributed by atoms with Crippen LogP contribution in [0.25, 0.3) is 0 Å². The highest BCUT2D eigenvalue weighted by Crippen LogP contribution is 2.33. The van der Waals surface area contributed by atoms with Crippen LogP contribution in [-0.4, -0.2) is 48.3 Å². The Morgan fingerprint density at radius 3 is 2.28 bits per heavy atom. The van der Waals surface area contributed by atoms with E-state index in [4.69, 9.17) is 0 Å². The largest absolute Gasteiger partial charge is 0.395 e. The number of hydrogen-bond donors (Lipinski definition) is 2. The van der Waals surface area contributed by atoms with Crippen molar-refractivity contribution in [2.24, 2.45) is 5.41 Å². The number of nitrogens with one attached hydrogen (secondary N) is 1. The number of aliphatic hydroxyl groups excluding tert-OH is 1. The first-order valence-corrected chi connectivity index (χ1v) is 7.65. The summed E-state index contributed by atoms with van der Waals surface area (Å²) in [6, 6.07) is 1.29. The van der Waals surface area contributed by atoms with E-state index in [0.717, 1.165) is 25.7 Å². The summed E-state index contributed by atoms with van der Waals surface area (Å²) in [6.45, 7) is 12.4. The van der Waals surface area contributed by atoms with E-state index >= 15 is 0 Å². The van der Waals surface area contributed by atoms with Gasteiger partial charge in [-0.3, -0.25) is 4.90 Å². The predicted octanol–water partition coefficient (Wildman–Crippen LogP) is 2.25. The zero-order chi connectivity index (χ0) is 13.6. The molecule has 0 heterocycles. The molecule has 0 spiro atoms. The maximum atomic E-state index is 9.22. The van der Waals surface area contributed by atoms with Gasteiger partial charge in [-0.1, -0.05) is 27.7 Å². The molecule has 0 unspecified atom stereocenters. The van der Waals surface area contributed by atoms with Crippen molar-refractivity contribution in [2.75, 3.05) is 26.2 Å². The van der Waals surface area contributed by atoms with Gasteiger partial charge in [-0.25, -0.2) is 0 Å². The molecular weight excluding hydrogens is 224 g/mol. The van der Waals surface area contributed by atoms with E-state index in [2.05, 4.69) is 37.9 Å². The second kappa shape index (κ2) is 7.46. The SMILES string of the molecule is CCC(CC)(CNC(C)C)CN(CCO)C1CC1. The Kier molecular flexibility index (Phi) is 6.61. The quantitative estimate of drug-likeness (QED) is 0.629. The lowest BCUT2D eigenvalue weighted by Gasteiger charge is -2.38. The molecule has 3 nitrogen and oxygen atoms in total. The Morgan fingerprint density at radius 2 is 1.89 bits per heavy atom. The molecule has 0 atom stereocenters. The molecule has 1 saturated carbocycles. The van der Waals surface area contributed by atoms with Gasteiger partial charge in [-0.15, -0.1) is 0 Å². The first-order chi connectivity index (χ1) is 8.56. The first kappa shape index (κ1) is 15.9. The van der Waals surface area contributed by atoms with Crippen LogP contribution >= 0.6 is 0 Å². The molecule has 108 valence electrons. The normalized spacial score (nSPS) is 16.8. The van der Waals surface area contributed by atoms with Crippen molar-refractivity contribution in [3.63, 3.8) is 0 Å². The minimum Gasteiger partial charge on any atom is -0.395 e. The number of hydrogen-bond acceptors (Lipinski definition) is 3. The van der Waals surface area contributed by atoms with Crippen molar-refractivity contribution in [1.82, 2.24) is 10.2 Å². The Labute approximate surface area is 113 Å². The maximum Gasteiger partial charge on any atom is 0.0558 e. The molecule has 0 aromatic rings. The third-order valence-electron chi connectivity index (χ3n) is 4.37. The van der Waals surface area contributed by atoms with Crippen LogP contribution in [0.15, 0.2) is 0 Å². The summed E-state index contributed by atoms with van der Waals surface area (Å²) >= 11 is 0. The van der Waals surface area contributed by atoms with Crippen molar-refractivity contribution in [1.29, 1.82) is 0 Å². The molecule has 0 aromatic heterocycles. The lowest BCUT2D eigenvalue weighted by molar-refractivity contribution is 0.106. The molecule has 1 aliphatic rings. The van der Waals surface area contributed by atoms with Crippen LogP contribution < -0.4 is 5.32 Å². The molecule has 1 fully saturated rings. The lowest BCUT2D eigenvalue weighted by atomic mass is 9.81. The Balaban J connectivity index is 2.57. The average Bonchev–Trinajstić information content (AvgIpc) is 3.17. The van der Waals surface area contributed by atoms with Crippen LogP contribution in [-0.2, 0) is 0 Å². The van der Waals surface area contributed by atoms with Crippen molar-refractivity contribution in [2.45, 2.75) is 65.5 Å². The lowest BCUT2D eigenvalue weighted by Crippen LogP contribution is -2.46. The minimum absolute atomic E-state index is 0.289. The fraction of sp³-hybridized carbons (Fsp3) is 1.00. The van der Waals surface area contributed by atoms with Gasteiger partial charge in [0.25, 0.3) is 0 Å². The van der Waals surface area contributed by atoms with E-state index in [-0.39, 0.29) is 6.61 Å². The molecule has 0 amide bonds. The molecule has 3 heteroatoms. The van der Waals surface area contributed by atoms with Gasteiger partial charge >= 0.3 is 0 Å². The highest BCUT2D eigenvalue weighted by atomic mass is 16.3. The number of nitrogens with zero attached hydrogens (tertiary/aromatic N) is 1. The van der Waals surface area contributed by atoms with Crippen LogP contribution in [0.3, 0.4) is 0 Å². The van der Waals surface area contributed by atoms with Crippen LogP contribution in [0.5, 0.6) is 0 Å². The Bertz CT molecular complexity index is 223. The van der Waals surface area contributed by atoms with E-state index in [0.29, 0.717) is 11.5 Å². The van der Waals surface area contributed by atoms with Gasteiger partial charge in [0.15, 0.2) is 0 Å². The number of rotatable bonds is 10. The van der Waals surface area contributed by atoms with E-state index in [1.54, 1.807) is 0 Å². The van der Waals surface area contributed by atoms with Crippen LogP contribution in [0.2, 0.25) is 0 Å². The summed E-state index contributed by atoms with van der Waals surface area (Å²) < 4.78 is 0. The summed E-state index contributed by atoms with van der Waals surface area (Å²) in [5.74, 6) is 0. The molecule has 0 aliphatic heterocycles. The number of aliphatic hydroxyl groups is 1. The van der Waals surface area contributed by atoms with Gasteiger partial charge in [0.2, 0.25) is 0 Å². The second-order valence-electron chi connectivity index (χ2n) is 6.17.